The smallest absolute Gasteiger partial charge is 0.305 e. The van der Waals surface area contributed by atoms with Gasteiger partial charge in [0.1, 0.15) is 0 Å². The second-order valence-corrected chi connectivity index (χ2v) is 7.06. The van der Waals surface area contributed by atoms with E-state index in [2.05, 4.69) is 16.8 Å². The molecule has 0 fully saturated rings. The summed E-state index contributed by atoms with van der Waals surface area (Å²) in [5.74, 6) is -0.753. The molecule has 1 aliphatic carbocycles. The zero-order chi connectivity index (χ0) is 13.9. The van der Waals surface area contributed by atoms with Crippen LogP contribution >= 0.6 is 22.7 Å². The van der Waals surface area contributed by atoms with Gasteiger partial charge in [-0.05, 0) is 47.7 Å². The van der Waals surface area contributed by atoms with E-state index in [1.165, 1.54) is 16.9 Å². The van der Waals surface area contributed by atoms with E-state index in [1.54, 1.807) is 11.3 Å². The van der Waals surface area contributed by atoms with Gasteiger partial charge >= 0.3 is 5.97 Å². The summed E-state index contributed by atoms with van der Waals surface area (Å²) in [5.41, 5.74) is 1.37. The Balaban J connectivity index is 1.79. The van der Waals surface area contributed by atoms with Crippen LogP contribution in [0.1, 0.15) is 46.7 Å². The molecular weight excluding hydrogens is 290 g/mol. The Labute approximate surface area is 126 Å². The van der Waals surface area contributed by atoms with Gasteiger partial charge in [0.05, 0.1) is 12.5 Å². The molecule has 0 saturated heterocycles. The first-order valence-corrected chi connectivity index (χ1v) is 8.57. The van der Waals surface area contributed by atoms with Crippen molar-refractivity contribution < 1.29 is 9.90 Å². The maximum atomic E-state index is 11.1. The fraction of sp³-hybridized carbons (Fsp3) is 0.400. The first kappa shape index (κ1) is 13.8. The Kier molecular flexibility index (Phi) is 4.19. The van der Waals surface area contributed by atoms with Crippen molar-refractivity contribution in [1.29, 1.82) is 0 Å². The van der Waals surface area contributed by atoms with Crippen LogP contribution in [0.4, 0.5) is 0 Å². The van der Waals surface area contributed by atoms with Crippen LogP contribution in [0.3, 0.4) is 0 Å². The van der Waals surface area contributed by atoms with Crippen LogP contribution in [-0.4, -0.2) is 11.1 Å². The number of hydrogen-bond acceptors (Lipinski definition) is 4. The number of nitrogens with one attached hydrogen (secondary N) is 1. The highest BCUT2D eigenvalue weighted by Crippen LogP contribution is 2.36. The number of thiophene rings is 2. The van der Waals surface area contributed by atoms with Crippen LogP contribution in [0, 0.1) is 0 Å². The third kappa shape index (κ3) is 2.95. The molecular formula is C15H17NO2S2. The van der Waals surface area contributed by atoms with E-state index < -0.39 is 5.97 Å². The number of aliphatic carboxylic acids is 1. The lowest BCUT2D eigenvalue weighted by Crippen LogP contribution is -2.29. The van der Waals surface area contributed by atoms with Crippen LogP contribution in [0.25, 0.3) is 0 Å². The van der Waals surface area contributed by atoms with Crippen molar-refractivity contribution in [2.45, 2.75) is 37.8 Å². The Morgan fingerprint density at radius 2 is 2.30 bits per heavy atom. The maximum absolute atomic E-state index is 11.1. The van der Waals surface area contributed by atoms with Crippen molar-refractivity contribution in [2.24, 2.45) is 0 Å². The van der Waals surface area contributed by atoms with E-state index in [9.17, 15) is 4.79 Å². The average molecular weight is 307 g/mol. The Morgan fingerprint density at radius 1 is 1.40 bits per heavy atom. The quantitative estimate of drug-likeness (QED) is 0.878. The van der Waals surface area contributed by atoms with Crippen molar-refractivity contribution in [3.63, 3.8) is 0 Å². The second-order valence-electron chi connectivity index (χ2n) is 5.08. The molecule has 106 valence electrons. The van der Waals surface area contributed by atoms with Gasteiger partial charge in [-0.2, -0.15) is 0 Å². The molecule has 0 amide bonds. The van der Waals surface area contributed by atoms with E-state index in [0.717, 1.165) is 17.7 Å². The first-order chi connectivity index (χ1) is 9.74. The van der Waals surface area contributed by atoms with Crippen LogP contribution in [0.15, 0.2) is 29.0 Å². The number of carbonyl (C=O) groups is 1. The van der Waals surface area contributed by atoms with Gasteiger partial charge in [-0.15, -0.1) is 22.7 Å². The largest absolute Gasteiger partial charge is 0.481 e. The van der Waals surface area contributed by atoms with Crippen LogP contribution in [0.5, 0.6) is 0 Å². The van der Waals surface area contributed by atoms with Crippen LogP contribution in [0.2, 0.25) is 0 Å². The fourth-order valence-electron chi connectivity index (χ4n) is 2.81. The van der Waals surface area contributed by atoms with Crippen LogP contribution in [-0.2, 0) is 11.2 Å². The predicted molar refractivity (Wildman–Crippen MR) is 82.4 cm³/mol. The van der Waals surface area contributed by atoms with Gasteiger partial charge in [-0.25, -0.2) is 0 Å². The molecule has 20 heavy (non-hydrogen) atoms. The highest BCUT2D eigenvalue weighted by molar-refractivity contribution is 7.10. The first-order valence-electron chi connectivity index (χ1n) is 6.81. The van der Waals surface area contributed by atoms with Gasteiger partial charge < -0.3 is 10.4 Å². The summed E-state index contributed by atoms with van der Waals surface area (Å²) in [5, 5.41) is 16.8. The van der Waals surface area contributed by atoms with Crippen molar-refractivity contribution in [3.05, 3.63) is 44.3 Å². The molecule has 2 N–H and O–H groups in total. The molecule has 2 aromatic rings. The number of carboxylic acid groups (broad SMARTS) is 1. The lowest BCUT2D eigenvalue weighted by atomic mass is 9.93. The third-order valence-corrected chi connectivity index (χ3v) is 5.70. The molecule has 2 atom stereocenters. The topological polar surface area (TPSA) is 49.3 Å². The van der Waals surface area contributed by atoms with Crippen molar-refractivity contribution in [3.8, 4) is 0 Å². The fourth-order valence-corrected chi connectivity index (χ4v) is 4.58. The van der Waals surface area contributed by atoms with E-state index in [-0.39, 0.29) is 18.5 Å². The lowest BCUT2D eigenvalue weighted by molar-refractivity contribution is -0.137. The standard InChI is InChI=1S/C15H17NO2S2/c17-15(18)9-12(14-5-2-7-19-14)16-11-3-1-4-13-10(11)6-8-20-13/h2,5-8,11-12,16H,1,3-4,9H2,(H,17,18). The van der Waals surface area contributed by atoms with Gasteiger partial charge in [0.25, 0.3) is 0 Å². The molecule has 2 unspecified atom stereocenters. The summed E-state index contributed by atoms with van der Waals surface area (Å²) in [7, 11) is 0. The summed E-state index contributed by atoms with van der Waals surface area (Å²) >= 11 is 3.44. The Hall–Kier alpha value is -1.17. The SMILES string of the molecule is O=C(O)CC(NC1CCCc2sccc21)c1cccs1. The van der Waals surface area contributed by atoms with Gasteiger partial charge in [0, 0.05) is 15.8 Å². The van der Waals surface area contributed by atoms with Crippen molar-refractivity contribution >= 4 is 28.6 Å². The Morgan fingerprint density at radius 3 is 3.05 bits per heavy atom. The minimum absolute atomic E-state index is 0.0941. The van der Waals surface area contributed by atoms with Gasteiger partial charge in [-0.3, -0.25) is 4.79 Å². The Bertz CT molecular complexity index is 576. The van der Waals surface area contributed by atoms with Gasteiger partial charge in [0.15, 0.2) is 0 Å². The highest BCUT2D eigenvalue weighted by atomic mass is 32.1. The number of fused-ring (bicyclic) bond motifs is 1. The molecule has 0 spiro atoms. The molecule has 2 aromatic heterocycles. The van der Waals surface area contributed by atoms with E-state index in [4.69, 9.17) is 5.11 Å². The molecule has 1 aliphatic rings. The molecule has 0 saturated carbocycles. The normalized spacial score (nSPS) is 19.5. The van der Waals surface area contributed by atoms with Gasteiger partial charge in [0.2, 0.25) is 0 Å². The molecule has 0 aliphatic heterocycles. The number of hydrogen-bond donors (Lipinski definition) is 2. The summed E-state index contributed by atoms with van der Waals surface area (Å²) in [6.07, 6.45) is 3.56. The summed E-state index contributed by atoms with van der Waals surface area (Å²) in [6.45, 7) is 0. The predicted octanol–water partition coefficient (Wildman–Crippen LogP) is 3.99. The van der Waals surface area contributed by atoms with Crippen molar-refractivity contribution in [1.82, 2.24) is 5.32 Å². The third-order valence-electron chi connectivity index (χ3n) is 3.72. The van der Waals surface area contributed by atoms with Gasteiger partial charge in [-0.1, -0.05) is 6.07 Å². The highest BCUT2D eigenvalue weighted by Gasteiger charge is 2.25. The second kappa shape index (κ2) is 6.08. The molecule has 2 heterocycles. The lowest BCUT2D eigenvalue weighted by Gasteiger charge is -2.28. The average Bonchev–Trinajstić information content (AvgIpc) is 3.09. The molecule has 0 radical (unpaired) electrons. The molecule has 3 nitrogen and oxygen atoms in total. The minimum atomic E-state index is -0.753. The molecule has 5 heteroatoms. The van der Waals surface area contributed by atoms with Crippen LogP contribution < -0.4 is 5.32 Å². The summed E-state index contributed by atoms with van der Waals surface area (Å²) in [6, 6.07) is 6.37. The van der Waals surface area contributed by atoms with Crippen molar-refractivity contribution in [2.75, 3.05) is 0 Å². The zero-order valence-electron chi connectivity index (χ0n) is 11.0. The summed E-state index contributed by atoms with van der Waals surface area (Å²) in [4.78, 5) is 13.7. The number of aryl methyl sites for hydroxylation is 1. The molecule has 3 rings (SSSR count). The van der Waals surface area contributed by atoms with E-state index in [0.29, 0.717) is 0 Å². The summed E-state index contributed by atoms with van der Waals surface area (Å²) < 4.78 is 0. The number of carboxylic acids is 1. The maximum Gasteiger partial charge on any atom is 0.305 e. The van der Waals surface area contributed by atoms with E-state index >= 15 is 0 Å². The number of rotatable bonds is 5. The monoisotopic (exact) mass is 307 g/mol. The minimum Gasteiger partial charge on any atom is -0.481 e. The molecule has 0 aromatic carbocycles. The van der Waals surface area contributed by atoms with E-state index in [1.807, 2.05) is 28.8 Å². The molecule has 0 bridgehead atoms. The zero-order valence-corrected chi connectivity index (χ0v) is 12.7.